The molecule has 1 N–H and O–H groups in total. The third kappa shape index (κ3) is 2.02. The molecule has 80 valence electrons. The second-order valence-corrected chi connectivity index (χ2v) is 3.98. The molecule has 0 saturated heterocycles. The molecule has 0 unspecified atom stereocenters. The van der Waals surface area contributed by atoms with Crippen molar-refractivity contribution >= 4 is 10.9 Å². The van der Waals surface area contributed by atoms with Crippen molar-refractivity contribution in [1.82, 2.24) is 9.78 Å². The van der Waals surface area contributed by atoms with E-state index in [9.17, 15) is 5.11 Å². The maximum Gasteiger partial charge on any atom is 0.0926 e. The normalized spacial score (nSPS) is 13.3. The second kappa shape index (κ2) is 4.03. The van der Waals surface area contributed by atoms with Gasteiger partial charge >= 0.3 is 0 Å². The van der Waals surface area contributed by atoms with Gasteiger partial charge in [0.1, 0.15) is 0 Å². The molecule has 0 amide bonds. The van der Waals surface area contributed by atoms with E-state index in [0.29, 0.717) is 0 Å². The predicted molar refractivity (Wildman–Crippen MR) is 60.7 cm³/mol. The minimum atomic E-state index is -0.251. The van der Waals surface area contributed by atoms with Crippen LogP contribution < -0.4 is 0 Å². The van der Waals surface area contributed by atoms with Crippen molar-refractivity contribution in [3.63, 3.8) is 0 Å². The summed E-state index contributed by atoms with van der Waals surface area (Å²) in [7, 11) is 1.96. The number of hydrogen-bond acceptors (Lipinski definition) is 2. The van der Waals surface area contributed by atoms with Gasteiger partial charge < -0.3 is 5.11 Å². The highest BCUT2D eigenvalue weighted by molar-refractivity contribution is 5.81. The van der Waals surface area contributed by atoms with Gasteiger partial charge in [-0.05, 0) is 25.8 Å². The smallest absolute Gasteiger partial charge is 0.0926 e. The van der Waals surface area contributed by atoms with Gasteiger partial charge in [0.2, 0.25) is 0 Å². The molecular weight excluding hydrogens is 188 g/mol. The van der Waals surface area contributed by atoms with Crippen molar-refractivity contribution in [3.05, 3.63) is 30.0 Å². The van der Waals surface area contributed by atoms with Crippen molar-refractivity contribution < 1.29 is 5.11 Å². The van der Waals surface area contributed by atoms with Gasteiger partial charge in [-0.2, -0.15) is 5.10 Å². The summed E-state index contributed by atoms with van der Waals surface area (Å²) >= 11 is 0. The fraction of sp³-hybridized carbons (Fsp3) is 0.417. The van der Waals surface area contributed by atoms with Crippen LogP contribution in [-0.4, -0.2) is 21.0 Å². The molecule has 3 nitrogen and oxygen atoms in total. The van der Waals surface area contributed by atoms with Gasteiger partial charge in [0.05, 0.1) is 11.6 Å². The van der Waals surface area contributed by atoms with Gasteiger partial charge in [-0.1, -0.05) is 18.2 Å². The van der Waals surface area contributed by atoms with E-state index in [4.69, 9.17) is 0 Å². The number of aliphatic hydroxyl groups is 1. The first-order valence-corrected chi connectivity index (χ1v) is 5.27. The number of rotatable bonds is 3. The summed E-state index contributed by atoms with van der Waals surface area (Å²) in [5.41, 5.74) is 2.23. The minimum absolute atomic E-state index is 0.251. The highest BCUT2D eigenvalue weighted by Crippen LogP contribution is 2.18. The van der Waals surface area contributed by atoms with E-state index >= 15 is 0 Å². The molecule has 1 aromatic carbocycles. The lowest BCUT2D eigenvalue weighted by Crippen LogP contribution is -2.05. The van der Waals surface area contributed by atoms with E-state index in [1.807, 2.05) is 36.9 Å². The van der Waals surface area contributed by atoms with Crippen LogP contribution in [-0.2, 0) is 13.5 Å². The van der Waals surface area contributed by atoms with Crippen LogP contribution in [0.1, 0.15) is 19.0 Å². The quantitative estimate of drug-likeness (QED) is 0.829. The molecule has 1 heterocycles. The van der Waals surface area contributed by atoms with Crippen LogP contribution in [0.4, 0.5) is 0 Å². The molecule has 0 saturated carbocycles. The van der Waals surface area contributed by atoms with Gasteiger partial charge in [0.25, 0.3) is 0 Å². The minimum Gasteiger partial charge on any atom is -0.393 e. The Balaban J connectivity index is 2.36. The van der Waals surface area contributed by atoms with Crippen molar-refractivity contribution in [2.75, 3.05) is 0 Å². The summed E-state index contributed by atoms with van der Waals surface area (Å²) in [6.45, 7) is 1.82. The molecule has 2 aromatic rings. The van der Waals surface area contributed by atoms with Crippen molar-refractivity contribution in [3.8, 4) is 0 Å². The van der Waals surface area contributed by atoms with Crippen LogP contribution in [0.15, 0.2) is 24.3 Å². The average molecular weight is 204 g/mol. The summed E-state index contributed by atoms with van der Waals surface area (Å²) in [5, 5.41) is 14.9. The van der Waals surface area contributed by atoms with Gasteiger partial charge in [-0.3, -0.25) is 4.68 Å². The van der Waals surface area contributed by atoms with Gasteiger partial charge in [-0.25, -0.2) is 0 Å². The standard InChI is InChI=1S/C12H16N2O/c1-9(15)7-8-12-10-5-3-4-6-11(10)13-14(12)2/h3-6,9,15H,7-8H2,1-2H3/t9-/m1/s1. The third-order valence-electron chi connectivity index (χ3n) is 2.66. The number of aliphatic hydroxyl groups excluding tert-OH is 1. The largest absolute Gasteiger partial charge is 0.393 e. The molecule has 0 aliphatic heterocycles. The molecule has 0 spiro atoms. The summed E-state index contributed by atoms with van der Waals surface area (Å²) in [6.07, 6.45) is 1.40. The summed E-state index contributed by atoms with van der Waals surface area (Å²) in [6, 6.07) is 8.12. The third-order valence-corrected chi connectivity index (χ3v) is 2.66. The molecule has 15 heavy (non-hydrogen) atoms. The fourth-order valence-corrected chi connectivity index (χ4v) is 1.84. The molecule has 1 atom stereocenters. The first-order chi connectivity index (χ1) is 7.18. The zero-order chi connectivity index (χ0) is 10.8. The number of fused-ring (bicyclic) bond motifs is 1. The highest BCUT2D eigenvalue weighted by Gasteiger charge is 2.08. The average Bonchev–Trinajstić information content (AvgIpc) is 2.50. The Kier molecular flexibility index (Phi) is 2.73. The van der Waals surface area contributed by atoms with Crippen LogP contribution >= 0.6 is 0 Å². The first kappa shape index (κ1) is 10.2. The van der Waals surface area contributed by atoms with Crippen LogP contribution in [0.3, 0.4) is 0 Å². The Morgan fingerprint density at radius 2 is 2.13 bits per heavy atom. The Labute approximate surface area is 89.3 Å². The number of hydrogen-bond donors (Lipinski definition) is 1. The first-order valence-electron chi connectivity index (χ1n) is 5.27. The maximum atomic E-state index is 9.28. The molecule has 0 bridgehead atoms. The Morgan fingerprint density at radius 1 is 1.40 bits per heavy atom. The number of aryl methyl sites for hydroxylation is 2. The fourth-order valence-electron chi connectivity index (χ4n) is 1.84. The molecular formula is C12H16N2O. The Hall–Kier alpha value is -1.35. The second-order valence-electron chi connectivity index (χ2n) is 3.98. The lowest BCUT2D eigenvalue weighted by atomic mass is 10.1. The van der Waals surface area contributed by atoms with Crippen LogP contribution in [0, 0.1) is 0 Å². The van der Waals surface area contributed by atoms with Crippen molar-refractivity contribution in [2.45, 2.75) is 25.9 Å². The Morgan fingerprint density at radius 3 is 2.87 bits per heavy atom. The molecule has 0 aliphatic carbocycles. The molecule has 0 aliphatic rings. The molecule has 0 fully saturated rings. The molecule has 1 aromatic heterocycles. The van der Waals surface area contributed by atoms with E-state index in [1.54, 1.807) is 0 Å². The highest BCUT2D eigenvalue weighted by atomic mass is 16.3. The van der Waals surface area contributed by atoms with Crippen molar-refractivity contribution in [1.29, 1.82) is 0 Å². The number of aromatic nitrogens is 2. The monoisotopic (exact) mass is 204 g/mol. The molecule has 2 rings (SSSR count). The summed E-state index contributed by atoms with van der Waals surface area (Å²) < 4.78 is 1.91. The van der Waals surface area contributed by atoms with E-state index < -0.39 is 0 Å². The van der Waals surface area contributed by atoms with E-state index in [-0.39, 0.29) is 6.10 Å². The van der Waals surface area contributed by atoms with Gasteiger partial charge in [-0.15, -0.1) is 0 Å². The zero-order valence-electron chi connectivity index (χ0n) is 9.14. The van der Waals surface area contributed by atoms with Gasteiger partial charge in [0, 0.05) is 18.1 Å². The number of nitrogens with zero attached hydrogens (tertiary/aromatic N) is 2. The maximum absolute atomic E-state index is 9.28. The summed E-state index contributed by atoms with van der Waals surface area (Å²) in [4.78, 5) is 0. The van der Waals surface area contributed by atoms with Crippen LogP contribution in [0.25, 0.3) is 10.9 Å². The topological polar surface area (TPSA) is 38.1 Å². The van der Waals surface area contributed by atoms with E-state index in [1.165, 1.54) is 11.1 Å². The predicted octanol–water partition coefficient (Wildman–Crippen LogP) is 1.89. The van der Waals surface area contributed by atoms with Gasteiger partial charge in [0.15, 0.2) is 0 Å². The SMILES string of the molecule is C[C@@H](O)CCc1c2ccccc2nn1C. The number of benzene rings is 1. The summed E-state index contributed by atoms with van der Waals surface area (Å²) in [5.74, 6) is 0. The van der Waals surface area contributed by atoms with Crippen LogP contribution in [0.5, 0.6) is 0 Å². The molecule has 0 radical (unpaired) electrons. The van der Waals surface area contributed by atoms with E-state index in [0.717, 1.165) is 18.4 Å². The lowest BCUT2D eigenvalue weighted by molar-refractivity contribution is 0.184. The van der Waals surface area contributed by atoms with Crippen LogP contribution in [0.2, 0.25) is 0 Å². The Bertz CT molecular complexity index is 460. The zero-order valence-corrected chi connectivity index (χ0v) is 9.14. The van der Waals surface area contributed by atoms with Crippen molar-refractivity contribution in [2.24, 2.45) is 7.05 Å². The lowest BCUT2D eigenvalue weighted by Gasteiger charge is -2.04. The molecule has 3 heteroatoms. The van der Waals surface area contributed by atoms with E-state index in [2.05, 4.69) is 11.2 Å².